The van der Waals surface area contributed by atoms with Crippen molar-refractivity contribution in [2.45, 2.75) is 0 Å². The lowest BCUT2D eigenvalue weighted by atomic mass is 10.1. The fourth-order valence-electron chi connectivity index (χ4n) is 3.04. The number of hydrogen-bond acceptors (Lipinski definition) is 6. The smallest absolute Gasteiger partial charge is 0.185 e. The van der Waals surface area contributed by atoms with Crippen LogP contribution in [0.5, 0.6) is 0 Å². The van der Waals surface area contributed by atoms with Gasteiger partial charge in [-0.3, -0.25) is 9.59 Å². The maximum atomic E-state index is 12.5. The topological polar surface area (TPSA) is 73.7 Å². The molecule has 0 unspecified atom stereocenters. The fraction of sp³-hybridized carbons (Fsp3) is 0.261. The molecule has 0 aliphatic carbocycles. The zero-order chi connectivity index (χ0) is 20.6. The minimum absolute atomic E-state index is 0.0897. The van der Waals surface area contributed by atoms with Crippen LogP contribution < -0.4 is 4.90 Å². The Morgan fingerprint density at radius 1 is 0.966 bits per heavy atom. The van der Waals surface area contributed by atoms with Crippen LogP contribution in [0.4, 0.5) is 5.69 Å². The SMILES string of the molecule is CN1CCN(c2ccc(C(=O)/C=C/c3cccc(/C=C/C(=O)CO)n3)cc2)CC1. The summed E-state index contributed by atoms with van der Waals surface area (Å²) in [5, 5.41) is 8.75. The number of anilines is 1. The van der Waals surface area contributed by atoms with Gasteiger partial charge in [0, 0.05) is 37.4 Å². The first kappa shape index (κ1) is 20.6. The summed E-state index contributed by atoms with van der Waals surface area (Å²) in [7, 11) is 2.13. The number of nitrogens with zero attached hydrogens (tertiary/aromatic N) is 3. The first-order valence-corrected chi connectivity index (χ1v) is 9.60. The normalized spacial score (nSPS) is 15.3. The third-order valence-corrected chi connectivity index (χ3v) is 4.81. The molecule has 6 heteroatoms. The van der Waals surface area contributed by atoms with Gasteiger partial charge in [0.15, 0.2) is 11.6 Å². The fourth-order valence-corrected chi connectivity index (χ4v) is 3.04. The summed E-state index contributed by atoms with van der Waals surface area (Å²) < 4.78 is 0. The molecule has 1 saturated heterocycles. The van der Waals surface area contributed by atoms with Gasteiger partial charge in [-0.2, -0.15) is 0 Å². The Morgan fingerprint density at radius 2 is 1.59 bits per heavy atom. The molecule has 1 aromatic carbocycles. The van der Waals surface area contributed by atoms with Crippen LogP contribution in [0.2, 0.25) is 0 Å². The van der Waals surface area contributed by atoms with Gasteiger partial charge < -0.3 is 14.9 Å². The van der Waals surface area contributed by atoms with Crippen LogP contribution >= 0.6 is 0 Å². The quantitative estimate of drug-likeness (QED) is 0.577. The van der Waals surface area contributed by atoms with Gasteiger partial charge in [-0.25, -0.2) is 4.98 Å². The Hall–Kier alpha value is -3.09. The number of aliphatic hydroxyl groups is 1. The van der Waals surface area contributed by atoms with E-state index in [9.17, 15) is 9.59 Å². The summed E-state index contributed by atoms with van der Waals surface area (Å²) in [6.07, 6.45) is 5.97. The standard InChI is InChI=1S/C23H25N3O3/c1-25-13-15-26(16-14-25)21-9-5-18(6-10-21)23(29)12-8-20-4-2-3-19(24-20)7-11-22(28)17-27/h2-12,27H,13-17H2,1H3/b11-7+,12-8+. The third-order valence-electron chi connectivity index (χ3n) is 4.81. The highest BCUT2D eigenvalue weighted by Crippen LogP contribution is 2.17. The van der Waals surface area contributed by atoms with Crippen molar-refractivity contribution in [1.29, 1.82) is 0 Å². The van der Waals surface area contributed by atoms with Gasteiger partial charge >= 0.3 is 0 Å². The second kappa shape index (κ2) is 9.91. The van der Waals surface area contributed by atoms with E-state index in [1.807, 2.05) is 24.3 Å². The first-order valence-electron chi connectivity index (χ1n) is 9.60. The molecule has 0 radical (unpaired) electrons. The number of allylic oxidation sites excluding steroid dienone is 1. The molecular weight excluding hydrogens is 366 g/mol. The molecule has 6 nitrogen and oxygen atoms in total. The summed E-state index contributed by atoms with van der Waals surface area (Å²) in [5.74, 6) is -0.476. The maximum Gasteiger partial charge on any atom is 0.185 e. The Labute approximate surface area is 170 Å². The molecule has 1 aliphatic heterocycles. The van der Waals surface area contributed by atoms with Crippen molar-refractivity contribution in [2.24, 2.45) is 0 Å². The molecule has 2 heterocycles. The Kier molecular flexibility index (Phi) is 7.05. The molecule has 0 saturated carbocycles. The van der Waals surface area contributed by atoms with Crippen LogP contribution in [0.1, 0.15) is 21.7 Å². The molecule has 1 N–H and O–H groups in total. The molecular formula is C23H25N3O3. The van der Waals surface area contributed by atoms with Crippen molar-refractivity contribution in [3.63, 3.8) is 0 Å². The van der Waals surface area contributed by atoms with E-state index >= 15 is 0 Å². The van der Waals surface area contributed by atoms with Crippen molar-refractivity contribution in [1.82, 2.24) is 9.88 Å². The second-order valence-electron chi connectivity index (χ2n) is 6.98. The molecule has 1 aromatic heterocycles. The van der Waals surface area contributed by atoms with Crippen LogP contribution in [-0.2, 0) is 4.79 Å². The number of aliphatic hydroxyl groups excluding tert-OH is 1. The number of piperazine rings is 1. The monoisotopic (exact) mass is 391 g/mol. The minimum atomic E-state index is -0.530. The van der Waals surface area contributed by atoms with E-state index in [-0.39, 0.29) is 11.6 Å². The summed E-state index contributed by atoms with van der Waals surface area (Å²) in [6.45, 7) is 3.53. The molecule has 0 amide bonds. The predicted molar refractivity (Wildman–Crippen MR) is 115 cm³/mol. The Balaban J connectivity index is 1.63. The molecule has 150 valence electrons. The maximum absolute atomic E-state index is 12.5. The first-order chi connectivity index (χ1) is 14.0. The molecule has 1 aliphatic rings. The molecule has 3 rings (SSSR count). The Morgan fingerprint density at radius 3 is 2.21 bits per heavy atom. The zero-order valence-electron chi connectivity index (χ0n) is 16.5. The lowest BCUT2D eigenvalue weighted by Crippen LogP contribution is -2.44. The van der Waals surface area contributed by atoms with E-state index in [4.69, 9.17) is 5.11 Å². The lowest BCUT2D eigenvalue weighted by Gasteiger charge is -2.34. The lowest BCUT2D eigenvalue weighted by molar-refractivity contribution is -0.117. The highest BCUT2D eigenvalue weighted by atomic mass is 16.3. The number of carbonyl (C=O) groups excluding carboxylic acids is 2. The van der Waals surface area contributed by atoms with Crippen molar-refractivity contribution in [3.05, 3.63) is 71.6 Å². The highest BCUT2D eigenvalue weighted by Gasteiger charge is 2.14. The van der Waals surface area contributed by atoms with E-state index in [1.165, 1.54) is 18.2 Å². The largest absolute Gasteiger partial charge is 0.388 e. The average Bonchev–Trinajstić information content (AvgIpc) is 2.76. The van der Waals surface area contributed by atoms with E-state index in [1.54, 1.807) is 24.3 Å². The Bertz CT molecular complexity index is 911. The van der Waals surface area contributed by atoms with E-state index in [0.717, 1.165) is 31.9 Å². The molecule has 1 fully saturated rings. The van der Waals surface area contributed by atoms with Gasteiger partial charge in [0.1, 0.15) is 6.61 Å². The van der Waals surface area contributed by atoms with Crippen LogP contribution in [0.3, 0.4) is 0 Å². The number of pyridine rings is 1. The van der Waals surface area contributed by atoms with Gasteiger partial charge in [0.05, 0.1) is 11.4 Å². The predicted octanol–water partition coefficient (Wildman–Crippen LogP) is 2.30. The van der Waals surface area contributed by atoms with E-state index < -0.39 is 6.61 Å². The summed E-state index contributed by atoms with van der Waals surface area (Å²) in [4.78, 5) is 32.6. The van der Waals surface area contributed by atoms with Crippen LogP contribution in [0.25, 0.3) is 12.2 Å². The van der Waals surface area contributed by atoms with Gasteiger partial charge in [0.2, 0.25) is 0 Å². The van der Waals surface area contributed by atoms with E-state index in [2.05, 4.69) is 21.8 Å². The number of carbonyl (C=O) groups is 2. The average molecular weight is 391 g/mol. The molecule has 0 spiro atoms. The number of aromatic nitrogens is 1. The number of ketones is 2. The van der Waals surface area contributed by atoms with E-state index in [0.29, 0.717) is 17.0 Å². The molecule has 0 bridgehead atoms. The van der Waals surface area contributed by atoms with Crippen molar-refractivity contribution >= 4 is 29.4 Å². The van der Waals surface area contributed by atoms with Crippen molar-refractivity contribution < 1.29 is 14.7 Å². The minimum Gasteiger partial charge on any atom is -0.388 e. The molecule has 2 aromatic rings. The second-order valence-corrected chi connectivity index (χ2v) is 6.98. The number of benzene rings is 1. The number of hydrogen-bond donors (Lipinski definition) is 1. The molecule has 0 atom stereocenters. The van der Waals surface area contributed by atoms with Gasteiger partial charge in [0.25, 0.3) is 0 Å². The van der Waals surface area contributed by atoms with Crippen molar-refractivity contribution in [3.8, 4) is 0 Å². The number of likely N-dealkylation sites (N-methyl/N-ethyl adjacent to an activating group) is 1. The van der Waals surface area contributed by atoms with Crippen LogP contribution in [-0.4, -0.2) is 66.4 Å². The van der Waals surface area contributed by atoms with Crippen LogP contribution in [0.15, 0.2) is 54.6 Å². The summed E-state index contributed by atoms with van der Waals surface area (Å²) >= 11 is 0. The van der Waals surface area contributed by atoms with Gasteiger partial charge in [-0.15, -0.1) is 0 Å². The third kappa shape index (κ3) is 5.94. The van der Waals surface area contributed by atoms with Gasteiger partial charge in [-0.05, 0) is 67.7 Å². The summed E-state index contributed by atoms with van der Waals surface area (Å²) in [6, 6.07) is 13.0. The molecule has 29 heavy (non-hydrogen) atoms. The zero-order valence-corrected chi connectivity index (χ0v) is 16.5. The van der Waals surface area contributed by atoms with Crippen molar-refractivity contribution in [2.75, 3.05) is 44.7 Å². The van der Waals surface area contributed by atoms with Crippen LogP contribution in [0, 0.1) is 0 Å². The highest BCUT2D eigenvalue weighted by molar-refractivity contribution is 6.06. The van der Waals surface area contributed by atoms with Gasteiger partial charge in [-0.1, -0.05) is 6.07 Å². The number of rotatable bonds is 7. The summed E-state index contributed by atoms with van der Waals surface area (Å²) in [5.41, 5.74) is 2.96.